The third kappa shape index (κ3) is 6.10. The highest BCUT2D eigenvalue weighted by atomic mass is 16.5. The second-order valence-electron chi connectivity index (χ2n) is 5.63. The van der Waals surface area contributed by atoms with Gasteiger partial charge in [-0.15, -0.1) is 0 Å². The molecule has 6 heteroatoms. The highest BCUT2D eigenvalue weighted by Gasteiger charge is 2.11. The number of nitrogens with one attached hydrogen (secondary N) is 2. The molecule has 2 amide bonds. The van der Waals surface area contributed by atoms with Crippen molar-refractivity contribution in [1.29, 1.82) is 0 Å². The number of esters is 1. The predicted molar refractivity (Wildman–Crippen MR) is 94.3 cm³/mol. The Bertz CT molecular complexity index is 752. The topological polar surface area (TPSA) is 84.5 Å². The molecule has 2 N–H and O–H groups in total. The lowest BCUT2D eigenvalue weighted by molar-refractivity contribution is -0.146. The normalized spacial score (nSPS) is 10.0. The molecule has 0 spiro atoms. The van der Waals surface area contributed by atoms with E-state index in [0.29, 0.717) is 11.3 Å². The second-order valence-corrected chi connectivity index (χ2v) is 5.63. The van der Waals surface area contributed by atoms with Crippen LogP contribution in [0.15, 0.2) is 48.5 Å². The molecular weight excluding hydrogens is 320 g/mol. The van der Waals surface area contributed by atoms with Crippen molar-refractivity contribution < 1.29 is 19.1 Å². The fourth-order valence-corrected chi connectivity index (χ4v) is 2.29. The number of hydrogen-bond acceptors (Lipinski definition) is 4. The van der Waals surface area contributed by atoms with E-state index in [9.17, 15) is 14.4 Å². The van der Waals surface area contributed by atoms with Gasteiger partial charge in [-0.1, -0.05) is 24.3 Å². The number of hydrogen-bond donors (Lipinski definition) is 2. The molecule has 2 aromatic rings. The first-order chi connectivity index (χ1) is 11.9. The molecular formula is C19H20N2O4. The van der Waals surface area contributed by atoms with Crippen LogP contribution in [0.5, 0.6) is 0 Å². The molecule has 0 saturated carbocycles. The van der Waals surface area contributed by atoms with Gasteiger partial charge in [-0.05, 0) is 49.2 Å². The van der Waals surface area contributed by atoms with Crippen molar-refractivity contribution in [2.45, 2.75) is 13.8 Å². The molecule has 130 valence electrons. The largest absolute Gasteiger partial charge is 0.454 e. The van der Waals surface area contributed by atoms with Gasteiger partial charge < -0.3 is 15.4 Å². The fourth-order valence-electron chi connectivity index (χ4n) is 2.29. The minimum absolute atomic E-state index is 0.301. The summed E-state index contributed by atoms with van der Waals surface area (Å²) in [6, 6.07) is 14.2. The highest BCUT2D eigenvalue weighted by molar-refractivity contribution is 5.96. The van der Waals surface area contributed by atoms with Crippen LogP contribution >= 0.6 is 0 Å². The van der Waals surface area contributed by atoms with Crippen LogP contribution in [-0.4, -0.2) is 30.9 Å². The van der Waals surface area contributed by atoms with Gasteiger partial charge in [0.05, 0.1) is 0 Å². The van der Waals surface area contributed by atoms with Gasteiger partial charge in [0, 0.05) is 11.3 Å². The molecule has 0 aliphatic heterocycles. The standard InChI is InChI=1S/C19H20N2O4/c1-13-8-14(2)10-16(9-13)21-17(22)12-25-18(23)11-20-19(24)15-6-4-3-5-7-15/h3-10H,11-12H2,1-2H3,(H,20,24)(H,21,22). The Labute approximate surface area is 146 Å². The van der Waals surface area contributed by atoms with E-state index in [1.165, 1.54) is 0 Å². The van der Waals surface area contributed by atoms with E-state index in [0.717, 1.165) is 11.1 Å². The van der Waals surface area contributed by atoms with E-state index in [2.05, 4.69) is 10.6 Å². The molecule has 0 radical (unpaired) electrons. The first kappa shape index (κ1) is 18.2. The summed E-state index contributed by atoms with van der Waals surface area (Å²) in [4.78, 5) is 35.2. The first-order valence-corrected chi connectivity index (χ1v) is 7.81. The zero-order valence-corrected chi connectivity index (χ0v) is 14.2. The van der Waals surface area contributed by atoms with Crippen molar-refractivity contribution in [3.63, 3.8) is 0 Å². The Morgan fingerprint density at radius 2 is 1.60 bits per heavy atom. The lowest BCUT2D eigenvalue weighted by Gasteiger charge is -2.09. The molecule has 0 unspecified atom stereocenters. The number of ether oxygens (including phenoxy) is 1. The number of carbonyl (C=O) groups is 3. The number of anilines is 1. The van der Waals surface area contributed by atoms with E-state index in [1.54, 1.807) is 30.3 Å². The minimum Gasteiger partial charge on any atom is -0.454 e. The average molecular weight is 340 g/mol. The van der Waals surface area contributed by atoms with Gasteiger partial charge in [-0.25, -0.2) is 0 Å². The Morgan fingerprint density at radius 3 is 2.24 bits per heavy atom. The zero-order valence-electron chi connectivity index (χ0n) is 14.2. The molecule has 25 heavy (non-hydrogen) atoms. The van der Waals surface area contributed by atoms with E-state index in [4.69, 9.17) is 4.74 Å². The van der Waals surface area contributed by atoms with Gasteiger partial charge in [0.25, 0.3) is 11.8 Å². The third-order valence-corrected chi connectivity index (χ3v) is 3.30. The molecule has 0 saturated heterocycles. The number of rotatable bonds is 6. The van der Waals surface area contributed by atoms with Gasteiger partial charge in [0.1, 0.15) is 6.54 Å². The summed E-state index contributed by atoms with van der Waals surface area (Å²) in [6.07, 6.45) is 0. The summed E-state index contributed by atoms with van der Waals surface area (Å²) in [7, 11) is 0. The van der Waals surface area contributed by atoms with Gasteiger partial charge in [0.15, 0.2) is 6.61 Å². The Kier molecular flexibility index (Phi) is 6.28. The van der Waals surface area contributed by atoms with Crippen LogP contribution in [0, 0.1) is 13.8 Å². The van der Waals surface area contributed by atoms with Crippen LogP contribution < -0.4 is 10.6 Å². The van der Waals surface area contributed by atoms with E-state index < -0.39 is 18.5 Å². The van der Waals surface area contributed by atoms with Crippen molar-refractivity contribution in [2.75, 3.05) is 18.5 Å². The van der Waals surface area contributed by atoms with Crippen molar-refractivity contribution in [3.8, 4) is 0 Å². The molecule has 6 nitrogen and oxygen atoms in total. The van der Waals surface area contributed by atoms with Crippen LogP contribution in [0.25, 0.3) is 0 Å². The minimum atomic E-state index is -0.681. The van der Waals surface area contributed by atoms with E-state index >= 15 is 0 Å². The lowest BCUT2D eigenvalue weighted by atomic mass is 10.1. The summed E-state index contributed by atoms with van der Waals surface area (Å²) in [5.41, 5.74) is 3.14. The van der Waals surface area contributed by atoms with Crippen LogP contribution in [0.3, 0.4) is 0 Å². The SMILES string of the molecule is Cc1cc(C)cc(NC(=O)COC(=O)CNC(=O)c2ccccc2)c1. The molecule has 0 aromatic heterocycles. The number of aryl methyl sites for hydroxylation is 2. The Morgan fingerprint density at radius 1 is 0.960 bits per heavy atom. The summed E-state index contributed by atoms with van der Waals surface area (Å²) in [6.45, 7) is 3.15. The maximum atomic E-state index is 11.8. The fraction of sp³-hybridized carbons (Fsp3) is 0.211. The van der Waals surface area contributed by atoms with E-state index in [-0.39, 0.29) is 12.5 Å². The Hall–Kier alpha value is -3.15. The highest BCUT2D eigenvalue weighted by Crippen LogP contribution is 2.13. The molecule has 2 aromatic carbocycles. The summed E-state index contributed by atoms with van der Waals surface area (Å²) in [5.74, 6) is -1.50. The number of carbonyl (C=O) groups excluding carboxylic acids is 3. The van der Waals surface area contributed by atoms with Crippen molar-refractivity contribution >= 4 is 23.5 Å². The maximum absolute atomic E-state index is 11.8. The van der Waals surface area contributed by atoms with Crippen LogP contribution in [-0.2, 0) is 14.3 Å². The number of amides is 2. The molecule has 0 fully saturated rings. The van der Waals surface area contributed by atoms with Gasteiger partial charge in [0.2, 0.25) is 0 Å². The molecule has 0 heterocycles. The second kappa shape index (κ2) is 8.63. The molecule has 2 rings (SSSR count). The van der Waals surface area contributed by atoms with E-state index in [1.807, 2.05) is 32.0 Å². The van der Waals surface area contributed by atoms with Crippen LogP contribution in [0.4, 0.5) is 5.69 Å². The van der Waals surface area contributed by atoms with Crippen LogP contribution in [0.1, 0.15) is 21.5 Å². The third-order valence-electron chi connectivity index (χ3n) is 3.30. The van der Waals surface area contributed by atoms with Crippen LogP contribution in [0.2, 0.25) is 0 Å². The maximum Gasteiger partial charge on any atom is 0.325 e. The summed E-state index contributed by atoms with van der Waals surface area (Å²) >= 11 is 0. The summed E-state index contributed by atoms with van der Waals surface area (Å²) < 4.78 is 4.86. The predicted octanol–water partition coefficient (Wildman–Crippen LogP) is 2.22. The smallest absolute Gasteiger partial charge is 0.325 e. The quantitative estimate of drug-likeness (QED) is 0.790. The molecule has 0 aliphatic rings. The Balaban J connectivity index is 1.74. The molecule has 0 atom stereocenters. The monoisotopic (exact) mass is 340 g/mol. The van der Waals surface area contributed by atoms with Gasteiger partial charge in [-0.3, -0.25) is 14.4 Å². The molecule has 0 aliphatic carbocycles. The van der Waals surface area contributed by atoms with Crippen molar-refractivity contribution in [2.24, 2.45) is 0 Å². The van der Waals surface area contributed by atoms with Gasteiger partial charge in [-0.2, -0.15) is 0 Å². The lowest BCUT2D eigenvalue weighted by Crippen LogP contribution is -2.32. The van der Waals surface area contributed by atoms with Crippen molar-refractivity contribution in [1.82, 2.24) is 5.32 Å². The zero-order chi connectivity index (χ0) is 18.2. The average Bonchev–Trinajstić information content (AvgIpc) is 2.57. The van der Waals surface area contributed by atoms with Gasteiger partial charge >= 0.3 is 5.97 Å². The van der Waals surface area contributed by atoms with Crippen molar-refractivity contribution in [3.05, 3.63) is 65.2 Å². The molecule has 0 bridgehead atoms. The summed E-state index contributed by atoms with van der Waals surface area (Å²) in [5, 5.41) is 5.11. The first-order valence-electron chi connectivity index (χ1n) is 7.81. The number of benzene rings is 2.